The van der Waals surface area contributed by atoms with Gasteiger partial charge in [0.25, 0.3) is 0 Å². The zero-order chi connectivity index (χ0) is 10.8. The Bertz CT molecular complexity index is 542. The lowest BCUT2D eigenvalue weighted by atomic mass is 10.3. The number of nitrogen functional groups attached to an aromatic ring is 1. The second-order valence-corrected chi connectivity index (χ2v) is 3.97. The molecule has 0 amide bonds. The van der Waals surface area contributed by atoms with Crippen LogP contribution in [0.4, 0.5) is 5.69 Å². The average Bonchev–Trinajstić information content (AvgIpc) is 2.53. The smallest absolute Gasteiger partial charge is 0.208 e. The fraction of sp³-hybridized carbons (Fsp3) is 0.100. The lowest BCUT2D eigenvalue weighted by Gasteiger charge is -1.97. The Morgan fingerprint density at radius 3 is 2.73 bits per heavy atom. The van der Waals surface area contributed by atoms with Crippen LogP contribution in [0.1, 0.15) is 5.69 Å². The summed E-state index contributed by atoms with van der Waals surface area (Å²) in [6.45, 7) is 1.90. The number of phenols is 1. The summed E-state index contributed by atoms with van der Waals surface area (Å²) in [4.78, 5) is 4.93. The summed E-state index contributed by atoms with van der Waals surface area (Å²) < 4.78 is 1.50. The zero-order valence-electron chi connectivity index (χ0n) is 8.21. The highest BCUT2D eigenvalue weighted by Crippen LogP contribution is 2.24. The number of para-hydroxylation sites is 2. The van der Waals surface area contributed by atoms with Gasteiger partial charge < -0.3 is 10.9 Å². The van der Waals surface area contributed by atoms with Crippen LogP contribution in [0, 0.1) is 6.92 Å². The van der Waals surface area contributed by atoms with E-state index in [2.05, 4.69) is 4.99 Å². The first-order valence-corrected chi connectivity index (χ1v) is 5.31. The Labute approximate surface area is 90.9 Å². The van der Waals surface area contributed by atoms with E-state index in [1.807, 2.05) is 18.4 Å². The number of benzene rings is 1. The molecule has 0 saturated heterocycles. The second-order valence-electron chi connectivity index (χ2n) is 3.13. The highest BCUT2D eigenvalue weighted by atomic mass is 32.1. The minimum absolute atomic E-state index is 0.156. The fourth-order valence-corrected chi connectivity index (χ4v) is 1.94. The van der Waals surface area contributed by atoms with E-state index in [1.54, 1.807) is 18.2 Å². The molecule has 1 heterocycles. The molecule has 0 aliphatic carbocycles. The Hall–Kier alpha value is -1.75. The quantitative estimate of drug-likeness (QED) is 0.717. The van der Waals surface area contributed by atoms with Crippen molar-refractivity contribution in [3.8, 4) is 5.75 Å². The summed E-state index contributed by atoms with van der Waals surface area (Å²) >= 11 is 1.44. The van der Waals surface area contributed by atoms with Crippen molar-refractivity contribution in [3.05, 3.63) is 40.1 Å². The molecule has 3 N–H and O–H groups in total. The second kappa shape index (κ2) is 3.78. The molecule has 0 aliphatic heterocycles. The van der Waals surface area contributed by atoms with Gasteiger partial charge in [0, 0.05) is 11.1 Å². The molecule has 0 spiro atoms. The fourth-order valence-electron chi connectivity index (χ4n) is 1.14. The van der Waals surface area contributed by atoms with Gasteiger partial charge in [-0.2, -0.15) is 0 Å². The van der Waals surface area contributed by atoms with Gasteiger partial charge in [-0.25, -0.2) is 9.67 Å². The van der Waals surface area contributed by atoms with Gasteiger partial charge in [-0.05, 0) is 19.1 Å². The normalized spacial score (nSPS) is 11.9. The van der Waals surface area contributed by atoms with E-state index in [4.69, 9.17) is 5.84 Å². The minimum atomic E-state index is 0.156. The standard InChI is InChI=1S/C10H11N3OS/c1-7-6-15-10(13(7)11)12-8-4-2-3-5-9(8)14/h2-6,14H,11H2,1H3. The predicted molar refractivity (Wildman–Crippen MR) is 60.5 cm³/mol. The van der Waals surface area contributed by atoms with E-state index in [0.717, 1.165) is 5.69 Å². The summed E-state index contributed by atoms with van der Waals surface area (Å²) in [5.74, 6) is 5.91. The molecule has 5 heteroatoms. The van der Waals surface area contributed by atoms with Crippen LogP contribution in [-0.2, 0) is 0 Å². The highest BCUT2D eigenvalue weighted by molar-refractivity contribution is 7.07. The Morgan fingerprint density at radius 1 is 1.40 bits per heavy atom. The molecule has 0 fully saturated rings. The number of nitrogens with two attached hydrogens (primary N) is 1. The van der Waals surface area contributed by atoms with E-state index >= 15 is 0 Å². The van der Waals surface area contributed by atoms with Crippen LogP contribution >= 0.6 is 11.3 Å². The molecule has 0 aliphatic rings. The third-order valence-corrected chi connectivity index (χ3v) is 2.98. The van der Waals surface area contributed by atoms with Gasteiger partial charge in [-0.3, -0.25) is 0 Å². The van der Waals surface area contributed by atoms with Crippen LogP contribution in [0.25, 0.3) is 0 Å². The summed E-state index contributed by atoms with van der Waals surface area (Å²) in [5.41, 5.74) is 1.47. The molecule has 0 bridgehead atoms. The molecule has 2 aromatic rings. The molecule has 78 valence electrons. The van der Waals surface area contributed by atoms with Crippen LogP contribution in [0.2, 0.25) is 0 Å². The number of hydrogen-bond donors (Lipinski definition) is 2. The molecule has 2 rings (SSSR count). The molecular weight excluding hydrogens is 210 g/mol. The molecule has 1 aromatic carbocycles. The van der Waals surface area contributed by atoms with Gasteiger partial charge in [0.1, 0.15) is 11.4 Å². The van der Waals surface area contributed by atoms with Gasteiger partial charge in [-0.1, -0.05) is 12.1 Å². The predicted octanol–water partition coefficient (Wildman–Crippen LogP) is 1.51. The zero-order valence-corrected chi connectivity index (χ0v) is 9.03. The topological polar surface area (TPSA) is 63.5 Å². The van der Waals surface area contributed by atoms with Crippen LogP contribution < -0.4 is 10.6 Å². The van der Waals surface area contributed by atoms with Crippen LogP contribution in [0.5, 0.6) is 5.75 Å². The highest BCUT2D eigenvalue weighted by Gasteiger charge is 1.99. The molecule has 0 saturated carbocycles. The van der Waals surface area contributed by atoms with Gasteiger partial charge in [0.2, 0.25) is 4.80 Å². The van der Waals surface area contributed by atoms with Gasteiger partial charge in [0.15, 0.2) is 0 Å². The van der Waals surface area contributed by atoms with Crippen molar-refractivity contribution >= 4 is 17.0 Å². The molecule has 0 radical (unpaired) electrons. The number of aromatic nitrogens is 1. The van der Waals surface area contributed by atoms with Crippen molar-refractivity contribution < 1.29 is 5.11 Å². The number of aromatic hydroxyl groups is 1. The van der Waals surface area contributed by atoms with Gasteiger partial charge in [0.05, 0.1) is 0 Å². The first-order chi connectivity index (χ1) is 7.18. The Kier molecular flexibility index (Phi) is 2.47. The average molecular weight is 221 g/mol. The molecule has 0 unspecified atom stereocenters. The van der Waals surface area contributed by atoms with Crippen molar-refractivity contribution in [1.82, 2.24) is 4.68 Å². The Balaban J connectivity index is 2.56. The van der Waals surface area contributed by atoms with Crippen molar-refractivity contribution in [2.24, 2.45) is 4.99 Å². The number of aryl methyl sites for hydroxylation is 1. The van der Waals surface area contributed by atoms with E-state index in [9.17, 15) is 5.11 Å². The molecule has 4 nitrogen and oxygen atoms in total. The van der Waals surface area contributed by atoms with E-state index in [1.165, 1.54) is 16.0 Å². The minimum Gasteiger partial charge on any atom is -0.506 e. The lowest BCUT2D eigenvalue weighted by Crippen LogP contribution is -2.23. The summed E-state index contributed by atoms with van der Waals surface area (Å²) in [6.07, 6.45) is 0. The summed E-state index contributed by atoms with van der Waals surface area (Å²) in [5, 5.41) is 11.4. The molecule has 1 aromatic heterocycles. The first kappa shape index (κ1) is 9.79. The van der Waals surface area contributed by atoms with Gasteiger partial charge in [-0.15, -0.1) is 11.3 Å². The van der Waals surface area contributed by atoms with Crippen molar-refractivity contribution in [3.63, 3.8) is 0 Å². The number of phenolic OH excluding ortho intramolecular Hbond substituents is 1. The van der Waals surface area contributed by atoms with Crippen LogP contribution in [0.15, 0.2) is 34.6 Å². The van der Waals surface area contributed by atoms with Crippen LogP contribution in [0.3, 0.4) is 0 Å². The van der Waals surface area contributed by atoms with Crippen molar-refractivity contribution in [2.75, 3.05) is 5.84 Å². The van der Waals surface area contributed by atoms with E-state index in [0.29, 0.717) is 10.5 Å². The lowest BCUT2D eigenvalue weighted by molar-refractivity contribution is 0.476. The molecular formula is C10H11N3OS. The largest absolute Gasteiger partial charge is 0.506 e. The SMILES string of the molecule is Cc1csc(=Nc2ccccc2O)n1N. The first-order valence-electron chi connectivity index (χ1n) is 4.43. The maximum absolute atomic E-state index is 9.53. The maximum atomic E-state index is 9.53. The summed E-state index contributed by atoms with van der Waals surface area (Å²) in [7, 11) is 0. The number of thiazole rings is 1. The number of rotatable bonds is 1. The molecule has 0 atom stereocenters. The van der Waals surface area contributed by atoms with Crippen molar-refractivity contribution in [2.45, 2.75) is 6.92 Å². The van der Waals surface area contributed by atoms with E-state index in [-0.39, 0.29) is 5.75 Å². The Morgan fingerprint density at radius 2 is 2.13 bits per heavy atom. The third kappa shape index (κ3) is 1.87. The van der Waals surface area contributed by atoms with Crippen LogP contribution in [-0.4, -0.2) is 9.78 Å². The monoisotopic (exact) mass is 221 g/mol. The van der Waals surface area contributed by atoms with Gasteiger partial charge >= 0.3 is 0 Å². The maximum Gasteiger partial charge on any atom is 0.208 e. The molecule has 15 heavy (non-hydrogen) atoms. The number of hydrogen-bond acceptors (Lipinski definition) is 4. The summed E-state index contributed by atoms with van der Waals surface area (Å²) in [6, 6.07) is 6.91. The number of nitrogens with zero attached hydrogens (tertiary/aromatic N) is 2. The van der Waals surface area contributed by atoms with Crippen molar-refractivity contribution in [1.29, 1.82) is 0 Å². The third-order valence-electron chi connectivity index (χ3n) is 2.02. The van der Waals surface area contributed by atoms with E-state index < -0.39 is 0 Å².